The van der Waals surface area contributed by atoms with Gasteiger partial charge >= 0.3 is 5.97 Å². The number of benzene rings is 1. The zero-order chi connectivity index (χ0) is 15.8. The van der Waals surface area contributed by atoms with Crippen molar-refractivity contribution in [3.05, 3.63) is 28.7 Å². The average Bonchev–Trinajstić information content (AvgIpc) is 2.50. The molecule has 0 bridgehead atoms. The van der Waals surface area contributed by atoms with Crippen molar-refractivity contribution >= 4 is 21.9 Å². The van der Waals surface area contributed by atoms with Gasteiger partial charge in [-0.2, -0.15) is 0 Å². The summed E-state index contributed by atoms with van der Waals surface area (Å²) in [6.45, 7) is 2.65. The minimum absolute atomic E-state index is 0.0530. The number of carbonyl (C=O) groups excluding carboxylic acids is 1. The third-order valence-corrected chi connectivity index (χ3v) is 4.60. The number of hydrogen-bond donors (Lipinski definition) is 0. The lowest BCUT2D eigenvalue weighted by molar-refractivity contribution is -0.145. The standard InChI is InChI=1S/C18H25BrO3/c1-2-3-11-21-18(20)13-14-5-4-6-17(12-14)22-16-9-7-15(19)8-10-16/h7-10,14,17H,2-6,11-13H2,1H3/t14-,17-/m1/s1. The first kappa shape index (κ1) is 17.3. The summed E-state index contributed by atoms with van der Waals surface area (Å²) in [4.78, 5) is 11.8. The fourth-order valence-electron chi connectivity index (χ4n) is 2.86. The molecule has 0 unspecified atom stereocenters. The summed E-state index contributed by atoms with van der Waals surface area (Å²) >= 11 is 3.43. The van der Waals surface area contributed by atoms with Crippen molar-refractivity contribution < 1.29 is 14.3 Å². The van der Waals surface area contributed by atoms with E-state index < -0.39 is 0 Å². The fraction of sp³-hybridized carbons (Fsp3) is 0.611. The summed E-state index contributed by atoms with van der Waals surface area (Å²) in [5, 5.41) is 0. The first-order valence-electron chi connectivity index (χ1n) is 8.25. The molecule has 4 heteroatoms. The molecule has 0 saturated heterocycles. The van der Waals surface area contributed by atoms with Gasteiger partial charge in [-0.1, -0.05) is 29.3 Å². The van der Waals surface area contributed by atoms with E-state index in [1.54, 1.807) is 0 Å². The number of esters is 1. The Bertz CT molecular complexity index is 458. The Morgan fingerprint density at radius 3 is 2.77 bits per heavy atom. The van der Waals surface area contributed by atoms with Gasteiger partial charge in [0.1, 0.15) is 5.75 Å². The van der Waals surface area contributed by atoms with Crippen LogP contribution in [-0.2, 0) is 9.53 Å². The summed E-state index contributed by atoms with van der Waals surface area (Å²) in [7, 11) is 0. The maximum Gasteiger partial charge on any atom is 0.306 e. The number of unbranched alkanes of at least 4 members (excludes halogenated alkanes) is 1. The van der Waals surface area contributed by atoms with E-state index in [4.69, 9.17) is 9.47 Å². The van der Waals surface area contributed by atoms with Gasteiger partial charge < -0.3 is 9.47 Å². The van der Waals surface area contributed by atoms with Crippen LogP contribution in [0.3, 0.4) is 0 Å². The third kappa shape index (κ3) is 5.99. The Balaban J connectivity index is 1.76. The maximum absolute atomic E-state index is 11.8. The number of ether oxygens (including phenoxy) is 2. The molecule has 2 rings (SSSR count). The molecule has 2 atom stereocenters. The van der Waals surface area contributed by atoms with E-state index in [-0.39, 0.29) is 12.1 Å². The van der Waals surface area contributed by atoms with Gasteiger partial charge in [0.2, 0.25) is 0 Å². The first-order valence-corrected chi connectivity index (χ1v) is 9.04. The smallest absolute Gasteiger partial charge is 0.306 e. The highest BCUT2D eigenvalue weighted by atomic mass is 79.9. The van der Waals surface area contributed by atoms with Gasteiger partial charge in [0.05, 0.1) is 12.7 Å². The second-order valence-corrected chi connectivity index (χ2v) is 6.92. The van der Waals surface area contributed by atoms with Gasteiger partial charge in [-0.05, 0) is 62.3 Å². The lowest BCUT2D eigenvalue weighted by atomic mass is 9.85. The van der Waals surface area contributed by atoms with E-state index in [1.807, 2.05) is 24.3 Å². The van der Waals surface area contributed by atoms with Crippen molar-refractivity contribution in [3.8, 4) is 5.75 Å². The Labute approximate surface area is 141 Å². The minimum Gasteiger partial charge on any atom is -0.490 e. The molecule has 0 heterocycles. The van der Waals surface area contributed by atoms with E-state index in [9.17, 15) is 4.79 Å². The normalized spacial score (nSPS) is 21.4. The zero-order valence-electron chi connectivity index (χ0n) is 13.2. The summed E-state index contributed by atoms with van der Waals surface area (Å²) in [6.07, 6.45) is 6.98. The maximum atomic E-state index is 11.8. The largest absolute Gasteiger partial charge is 0.490 e. The van der Waals surface area contributed by atoms with Crippen molar-refractivity contribution in [2.24, 2.45) is 5.92 Å². The van der Waals surface area contributed by atoms with Crippen LogP contribution >= 0.6 is 15.9 Å². The van der Waals surface area contributed by atoms with Crippen molar-refractivity contribution in [1.29, 1.82) is 0 Å². The van der Waals surface area contributed by atoms with Crippen LogP contribution in [0, 0.1) is 5.92 Å². The number of carbonyl (C=O) groups is 1. The van der Waals surface area contributed by atoms with Crippen LogP contribution in [0.1, 0.15) is 51.9 Å². The number of halogens is 1. The SMILES string of the molecule is CCCCOC(=O)C[C@@H]1CCC[C@@H](Oc2ccc(Br)cc2)C1. The predicted molar refractivity (Wildman–Crippen MR) is 91.0 cm³/mol. The molecule has 0 amide bonds. The van der Waals surface area contributed by atoms with Gasteiger partial charge in [-0.15, -0.1) is 0 Å². The molecule has 0 aromatic heterocycles. The molecule has 22 heavy (non-hydrogen) atoms. The Morgan fingerprint density at radius 1 is 1.27 bits per heavy atom. The molecule has 3 nitrogen and oxygen atoms in total. The van der Waals surface area contributed by atoms with Crippen LogP contribution in [-0.4, -0.2) is 18.7 Å². The number of hydrogen-bond acceptors (Lipinski definition) is 3. The van der Waals surface area contributed by atoms with Crippen molar-refractivity contribution in [3.63, 3.8) is 0 Å². The molecule has 122 valence electrons. The molecule has 1 fully saturated rings. The van der Waals surface area contributed by atoms with Crippen LogP contribution < -0.4 is 4.74 Å². The molecule has 1 aliphatic carbocycles. The van der Waals surface area contributed by atoms with Crippen LogP contribution in [0.25, 0.3) is 0 Å². The van der Waals surface area contributed by atoms with Crippen LogP contribution in [0.15, 0.2) is 28.7 Å². The molecule has 0 aliphatic heterocycles. The Hall–Kier alpha value is -1.03. The lowest BCUT2D eigenvalue weighted by Gasteiger charge is -2.29. The topological polar surface area (TPSA) is 35.5 Å². The van der Waals surface area contributed by atoms with Gasteiger partial charge in [-0.25, -0.2) is 0 Å². The molecule has 0 N–H and O–H groups in total. The lowest BCUT2D eigenvalue weighted by Crippen LogP contribution is -2.27. The molecule has 1 aromatic rings. The van der Waals surface area contributed by atoms with E-state index in [1.165, 1.54) is 0 Å². The summed E-state index contributed by atoms with van der Waals surface area (Å²) in [5.41, 5.74) is 0. The second-order valence-electron chi connectivity index (χ2n) is 6.00. The van der Waals surface area contributed by atoms with Crippen molar-refractivity contribution in [1.82, 2.24) is 0 Å². The van der Waals surface area contributed by atoms with Gasteiger partial charge in [0, 0.05) is 10.9 Å². The van der Waals surface area contributed by atoms with Crippen LogP contribution in [0.5, 0.6) is 5.75 Å². The van der Waals surface area contributed by atoms with Gasteiger partial charge in [-0.3, -0.25) is 4.79 Å². The van der Waals surface area contributed by atoms with E-state index >= 15 is 0 Å². The highest BCUT2D eigenvalue weighted by molar-refractivity contribution is 9.10. The van der Waals surface area contributed by atoms with E-state index in [2.05, 4.69) is 22.9 Å². The second kappa shape index (κ2) is 9.19. The van der Waals surface area contributed by atoms with Crippen molar-refractivity contribution in [2.45, 2.75) is 58.0 Å². The molecular formula is C18H25BrO3. The monoisotopic (exact) mass is 368 g/mol. The number of rotatable bonds is 7. The highest BCUT2D eigenvalue weighted by Gasteiger charge is 2.25. The molecule has 0 spiro atoms. The average molecular weight is 369 g/mol. The first-order chi connectivity index (χ1) is 10.7. The fourth-order valence-corrected chi connectivity index (χ4v) is 3.13. The highest BCUT2D eigenvalue weighted by Crippen LogP contribution is 2.30. The van der Waals surface area contributed by atoms with Gasteiger partial charge in [0.25, 0.3) is 0 Å². The predicted octanol–water partition coefficient (Wildman–Crippen LogP) is 5.12. The quantitative estimate of drug-likeness (QED) is 0.494. The third-order valence-electron chi connectivity index (χ3n) is 4.07. The molecule has 1 aromatic carbocycles. The zero-order valence-corrected chi connectivity index (χ0v) is 14.8. The Morgan fingerprint density at radius 2 is 2.05 bits per heavy atom. The molecular weight excluding hydrogens is 344 g/mol. The Kier molecular flexibility index (Phi) is 7.23. The summed E-state index contributed by atoms with van der Waals surface area (Å²) in [5.74, 6) is 1.24. The van der Waals surface area contributed by atoms with Gasteiger partial charge in [0.15, 0.2) is 0 Å². The molecule has 1 saturated carbocycles. The summed E-state index contributed by atoms with van der Waals surface area (Å²) < 4.78 is 12.4. The van der Waals surface area contributed by atoms with Crippen LogP contribution in [0.4, 0.5) is 0 Å². The molecule has 0 radical (unpaired) electrons. The summed E-state index contributed by atoms with van der Waals surface area (Å²) in [6, 6.07) is 7.93. The van der Waals surface area contributed by atoms with Crippen LogP contribution in [0.2, 0.25) is 0 Å². The minimum atomic E-state index is -0.0530. The van der Waals surface area contributed by atoms with E-state index in [0.29, 0.717) is 18.9 Å². The molecule has 1 aliphatic rings. The van der Waals surface area contributed by atoms with E-state index in [0.717, 1.165) is 48.7 Å². The van der Waals surface area contributed by atoms with Crippen molar-refractivity contribution in [2.75, 3.05) is 6.61 Å².